The summed E-state index contributed by atoms with van der Waals surface area (Å²) in [5, 5.41) is 74.1. The molecular weight excluding hydrogens is 1920 g/mol. The van der Waals surface area contributed by atoms with E-state index in [1.807, 2.05) is 0 Å². The van der Waals surface area contributed by atoms with Crippen LogP contribution in [0.4, 0.5) is 23.5 Å². The molecule has 133 heavy (non-hydrogen) atoms. The Bertz CT molecular complexity index is 6890. The van der Waals surface area contributed by atoms with Gasteiger partial charge in [0.1, 0.15) is 140 Å². The SMILES string of the molecule is Nc1nc2c(ncn2[C@@H]2O[C@@H]3COP(=O)(O)O[C@H]4[C@@H](O)[C@H](n5cnc6cncnc65)O[C@@H]4COP(=O)(O)O[C@@H]2[C@@H]3O)c(=O)[nH]1.Nc1nc2c(ncn2[C@@H]2O[C@@H]3COP(=O)(O)O[C@H]4[C@@H](O)[C@H](n5nnc6c(N)nccc65)O[C@@H]4COP(=O)(O)O[C@@H]2[C@@H]3O)c(=O)[nH]1.Nc1ncnc2c1ncn2[C@@H]1O[C@@H]2COP(=O)(O)O[C@@H]3[C@H](O)[C@@H](COP(=O)(O)O[C@H]2[C@H]1O)O[C@H]3C1=NCc2c1nc[nH]c2=O. The van der Waals surface area contributed by atoms with Crippen molar-refractivity contribution in [2.24, 2.45) is 4.99 Å². The first-order valence-electron chi connectivity index (χ1n) is 38.7. The molecule has 11 aromatic heterocycles. The molecule has 6 unspecified atom stereocenters. The number of hydrogen-bond donors (Lipinski definition) is 19. The van der Waals surface area contributed by atoms with Crippen LogP contribution in [0.5, 0.6) is 0 Å². The number of ether oxygens (including phenoxy) is 6. The molecule has 10 aliphatic heterocycles. The van der Waals surface area contributed by atoms with Crippen molar-refractivity contribution in [2.75, 3.05) is 62.6 Å². The van der Waals surface area contributed by atoms with Gasteiger partial charge in [-0.25, -0.2) is 81.9 Å². The van der Waals surface area contributed by atoms with Crippen LogP contribution in [0.25, 0.3) is 55.7 Å². The molecule has 66 nitrogen and oxygen atoms in total. The maximum atomic E-state index is 13.2. The Morgan fingerprint density at radius 1 is 0.406 bits per heavy atom. The van der Waals surface area contributed by atoms with E-state index in [2.05, 4.69) is 90.1 Å². The Kier molecular flexibility index (Phi) is 24.4. The second-order valence-electron chi connectivity index (χ2n) is 30.2. The lowest BCUT2D eigenvalue weighted by molar-refractivity contribution is -0.0690. The standard InChI is InChI=1S/C21H24N8O13P2.C20H24N10O13P2.C20H23N9O13P2/c22-18-12-19(26-5-25-18)29(6-28-12)21-14(31)15-9(40-21)3-38-44(35,36)42-17-13(30)8(2-37-43(33,34)41-15)39-16(17)11-10-7(1-23-11)20(32)27-4-24-10;21-15-9-6(1-2-23-15)30(28-27-9)18-12(32)13-8(41-18)4-39-45(36,37)43-14-11(31)7(3-38-44(34,35)42-13)40-19(14)29-5-24-10-16(29)25-20(22)26-17(10)33;21-20-26-16-10(17(32)27-20)25-6-29(16)19-14-11(30)8(39-19)2-37-43(33,34)41-13-9(3-38-44(35,36)42-14)40-18(12(13)31)28-5-24-7-1-22-4-23-15(7)28/h4-6,8-9,13-17,21,30-31H,1-3H2,(H,33,34)(H,35,36)(H2,22,25,26)(H,24,27,32);1-2,5,7-8,11-14,18-19,31-32H,3-4H2,(H2,21,23)(H,34,35)(H,36,37)(H3,22,25,26,33);1,4-6,8-9,11-14,18-19,30-31H,2-3H2,(H,33,34)(H,35,36)(H3,21,26,27,32)/t8-,9-,13-,14-,15-,16+,17-,21-;7-,8-,11-,12-,13-,14-,18-,19-;8-,9-,11-,12-,13-,14-,18-,19-/m111/s1. The summed E-state index contributed by atoms with van der Waals surface area (Å²) >= 11 is 0. The highest BCUT2D eigenvalue weighted by molar-refractivity contribution is 7.48. The van der Waals surface area contributed by atoms with Crippen LogP contribution in [0.1, 0.15) is 42.4 Å². The Hall–Kier alpha value is -9.72. The van der Waals surface area contributed by atoms with Crippen molar-refractivity contribution < 1.29 is 170 Å². The molecule has 21 heterocycles. The smallest absolute Gasteiger partial charge is 0.387 e. The van der Waals surface area contributed by atoms with Crippen molar-refractivity contribution in [1.29, 1.82) is 0 Å². The van der Waals surface area contributed by atoms with E-state index >= 15 is 0 Å². The molecule has 30 atom stereocenters. The summed E-state index contributed by atoms with van der Waals surface area (Å²) in [6, 6.07) is 1.48. The van der Waals surface area contributed by atoms with Gasteiger partial charge in [-0.15, -0.1) is 5.10 Å². The first-order valence-corrected chi connectivity index (χ1v) is 47.6. The third-order valence-electron chi connectivity index (χ3n) is 22.0. The summed E-state index contributed by atoms with van der Waals surface area (Å²) in [6.07, 6.45) is -26.5. The van der Waals surface area contributed by atoms with Crippen molar-refractivity contribution in [3.8, 4) is 0 Å². The number of phosphoric acid groups is 6. The van der Waals surface area contributed by atoms with Gasteiger partial charge in [-0.3, -0.25) is 102 Å². The van der Waals surface area contributed by atoms with Gasteiger partial charge in [-0.05, 0) is 6.07 Å². The summed E-state index contributed by atoms with van der Waals surface area (Å²) in [6.45, 7) is -4.94. The topological polar surface area (TPSA) is 931 Å². The fraction of sp³-hybridized carbons (Fsp3) is 0.508. The second kappa shape index (κ2) is 35.1. The van der Waals surface area contributed by atoms with Crippen LogP contribution in [0, 0.1) is 0 Å². The number of phosphoric ester groups is 6. The van der Waals surface area contributed by atoms with Crippen molar-refractivity contribution in [1.82, 2.24) is 108 Å². The number of hydrogen-bond acceptors (Lipinski definition) is 52. The zero-order chi connectivity index (χ0) is 93.8. The van der Waals surface area contributed by atoms with Crippen molar-refractivity contribution in [3.63, 3.8) is 0 Å². The maximum Gasteiger partial charge on any atom is 0.472 e. The maximum absolute atomic E-state index is 13.2. The number of aromatic nitrogens is 22. The highest BCUT2D eigenvalue weighted by Gasteiger charge is 2.60. The molecular formula is C61H71N27O39P6. The normalized spacial score (nSPS) is 38.4. The predicted octanol–water partition coefficient (Wildman–Crippen LogP) is -6.37. The average Bonchev–Trinajstić information content (AvgIpc) is 1.61. The van der Waals surface area contributed by atoms with E-state index in [0.717, 1.165) is 39.1 Å². The molecule has 21 rings (SSSR count). The first kappa shape index (κ1) is 92.4. The highest BCUT2D eigenvalue weighted by Crippen LogP contribution is 2.58. The minimum absolute atomic E-state index is 0.0343. The van der Waals surface area contributed by atoms with E-state index in [4.69, 9.17) is 106 Å². The van der Waals surface area contributed by atoms with E-state index in [9.17, 15) is 102 Å². The van der Waals surface area contributed by atoms with E-state index in [1.54, 1.807) is 0 Å². The molecule has 10 aliphatic rings. The number of aliphatic imine (C=N–C) groups is 1. The van der Waals surface area contributed by atoms with Gasteiger partial charge in [-0.2, -0.15) is 9.97 Å². The molecule has 0 spiro atoms. The minimum atomic E-state index is -5.12. The summed E-state index contributed by atoms with van der Waals surface area (Å²) in [4.78, 5) is 160. The van der Waals surface area contributed by atoms with Crippen molar-refractivity contribution in [2.45, 2.75) is 154 Å². The molecule has 6 bridgehead atoms. The lowest BCUT2D eigenvalue weighted by atomic mass is 10.0. The molecule has 0 aromatic carbocycles. The first-order chi connectivity index (χ1) is 63.1. The monoisotopic (exact) mass is 1990 g/mol. The molecule has 23 N–H and O–H groups in total. The largest absolute Gasteiger partial charge is 0.472 e. The van der Waals surface area contributed by atoms with Gasteiger partial charge in [0.25, 0.3) is 16.7 Å². The molecule has 11 aromatic rings. The average molecular weight is 1990 g/mol. The van der Waals surface area contributed by atoms with Crippen molar-refractivity contribution >= 4 is 132 Å². The number of nitrogen functional groups attached to an aromatic ring is 4. The van der Waals surface area contributed by atoms with Gasteiger partial charge in [0.05, 0.1) is 107 Å². The number of aliphatic hydroxyl groups excluding tert-OH is 6. The Morgan fingerprint density at radius 2 is 0.820 bits per heavy atom. The Labute approximate surface area is 733 Å². The van der Waals surface area contributed by atoms with E-state index in [1.165, 1.54) is 46.6 Å². The van der Waals surface area contributed by atoms with E-state index in [0.29, 0.717) is 5.52 Å². The van der Waals surface area contributed by atoms with E-state index < -0.39 is 250 Å². The summed E-state index contributed by atoms with van der Waals surface area (Å²) in [7, 11) is -30.4. The van der Waals surface area contributed by atoms with E-state index in [-0.39, 0.29) is 97.2 Å². The number of nitrogens with zero attached hydrogens (tertiary/aromatic N) is 20. The van der Waals surface area contributed by atoms with Crippen molar-refractivity contribution in [3.05, 3.63) is 105 Å². The molecule has 9 saturated heterocycles. The highest BCUT2D eigenvalue weighted by atomic mass is 31.2. The third kappa shape index (κ3) is 17.8. The fourth-order valence-electron chi connectivity index (χ4n) is 15.9. The molecule has 72 heteroatoms. The lowest BCUT2D eigenvalue weighted by Crippen LogP contribution is -2.39. The number of imidazole rings is 4. The molecule has 0 aliphatic carbocycles. The third-order valence-corrected chi connectivity index (χ3v) is 27.9. The van der Waals surface area contributed by atoms with Gasteiger partial charge >= 0.3 is 46.9 Å². The number of anilines is 4. The summed E-state index contributed by atoms with van der Waals surface area (Å²) in [5.41, 5.74) is 22.3. The molecule has 0 radical (unpaired) electrons. The summed E-state index contributed by atoms with van der Waals surface area (Å²) in [5.74, 6) is -0.485. The Balaban J connectivity index is 0.000000129. The van der Waals surface area contributed by atoms with Crippen LogP contribution in [-0.2, 0) is 117 Å². The number of nitrogens with one attached hydrogen (secondary N) is 3. The number of fused-ring (bicyclic) bond motifs is 15. The van der Waals surface area contributed by atoms with Crippen LogP contribution in [0.3, 0.4) is 0 Å². The zero-order valence-corrected chi connectivity index (χ0v) is 71.8. The Morgan fingerprint density at radius 3 is 1.34 bits per heavy atom. The number of aliphatic hydroxyl groups is 6. The fourth-order valence-corrected chi connectivity index (χ4v) is 21.6. The predicted molar refractivity (Wildman–Crippen MR) is 423 cm³/mol. The molecule has 9 fully saturated rings. The van der Waals surface area contributed by atoms with Gasteiger partial charge in [0.2, 0.25) is 11.9 Å². The van der Waals surface area contributed by atoms with Crippen LogP contribution in [0.2, 0.25) is 0 Å². The summed E-state index contributed by atoms with van der Waals surface area (Å²) < 4.78 is 182. The number of pyridine rings is 1. The van der Waals surface area contributed by atoms with Gasteiger partial charge < -0.3 is 116 Å². The van der Waals surface area contributed by atoms with Crippen LogP contribution in [0.15, 0.2) is 82.1 Å². The zero-order valence-electron chi connectivity index (χ0n) is 66.4. The minimum Gasteiger partial charge on any atom is -0.387 e. The number of aromatic amines is 3. The number of nitrogens with two attached hydrogens (primary N) is 4. The van der Waals surface area contributed by atoms with Gasteiger partial charge in [-0.1, -0.05) is 5.21 Å². The molecule has 714 valence electrons. The van der Waals surface area contributed by atoms with Crippen LogP contribution < -0.4 is 39.6 Å². The molecule has 0 amide bonds. The van der Waals surface area contributed by atoms with Crippen LogP contribution >= 0.6 is 46.9 Å². The quantitative estimate of drug-likeness (QED) is 0.0689. The molecule has 0 saturated carbocycles. The number of rotatable bonds is 6. The van der Waals surface area contributed by atoms with Crippen LogP contribution in [-0.4, -0.2) is 329 Å². The van der Waals surface area contributed by atoms with Gasteiger partial charge in [0, 0.05) is 6.20 Å². The number of H-pyrrole nitrogens is 3. The second-order valence-corrected chi connectivity index (χ2v) is 38.7. The lowest BCUT2D eigenvalue weighted by Gasteiger charge is -2.25. The van der Waals surface area contributed by atoms with Gasteiger partial charge in [0.15, 0.2) is 81.9 Å².